The minimum Gasteiger partial charge on any atom is -0.481 e. The fourth-order valence-electron chi connectivity index (χ4n) is 3.09. The van der Waals surface area contributed by atoms with E-state index in [1.54, 1.807) is 6.20 Å². The van der Waals surface area contributed by atoms with Gasteiger partial charge >= 0.3 is 12.0 Å². The molecule has 1 aliphatic heterocycles. The molecule has 7 heteroatoms. The summed E-state index contributed by atoms with van der Waals surface area (Å²) >= 11 is 0. The fraction of sp³-hybridized carbons (Fsp3) is 0.350. The van der Waals surface area contributed by atoms with Crippen molar-refractivity contribution in [3.63, 3.8) is 0 Å². The maximum absolute atomic E-state index is 11.7. The zero-order valence-electron chi connectivity index (χ0n) is 15.1. The number of nitrogens with zero attached hydrogens (tertiary/aromatic N) is 2. The summed E-state index contributed by atoms with van der Waals surface area (Å²) in [5.74, 6) is 0.0759. The van der Waals surface area contributed by atoms with Crippen LogP contribution in [0.5, 0.6) is 0 Å². The van der Waals surface area contributed by atoms with Crippen LogP contribution in [-0.2, 0) is 24.3 Å². The van der Waals surface area contributed by atoms with Crippen molar-refractivity contribution in [2.45, 2.75) is 32.4 Å². The smallest absolute Gasteiger partial charge is 0.315 e. The first-order chi connectivity index (χ1) is 13.1. The third kappa shape index (κ3) is 5.44. The Labute approximate surface area is 158 Å². The highest BCUT2D eigenvalue weighted by atomic mass is 16.4. The van der Waals surface area contributed by atoms with Crippen LogP contribution in [0.15, 0.2) is 42.6 Å². The molecule has 142 valence electrons. The topological polar surface area (TPSA) is 94.6 Å². The third-order valence-electron chi connectivity index (χ3n) is 4.57. The molecule has 0 saturated carbocycles. The molecule has 0 spiro atoms. The van der Waals surface area contributed by atoms with Gasteiger partial charge < -0.3 is 20.6 Å². The Morgan fingerprint density at radius 2 is 1.93 bits per heavy atom. The summed E-state index contributed by atoms with van der Waals surface area (Å²) in [6.45, 7) is 2.52. The standard InChI is InChI=1S/C20H24N4O3/c25-19(26)6-3-10-21-20(27)23-13-15-7-8-18(22-12-15)24-11-9-16-4-1-2-5-17(16)14-24/h1-2,4-5,7-8,12H,3,6,9-11,13-14H2,(H,25,26)(H2,21,23,27). The van der Waals surface area contributed by atoms with E-state index >= 15 is 0 Å². The normalized spacial score (nSPS) is 13.0. The van der Waals surface area contributed by atoms with Gasteiger partial charge in [0.1, 0.15) is 5.82 Å². The van der Waals surface area contributed by atoms with E-state index in [2.05, 4.69) is 44.8 Å². The second kappa shape index (κ2) is 9.02. The molecule has 2 aromatic rings. The fourth-order valence-corrected chi connectivity index (χ4v) is 3.09. The van der Waals surface area contributed by atoms with Crippen molar-refractivity contribution in [3.05, 3.63) is 59.3 Å². The SMILES string of the molecule is O=C(O)CCCNC(=O)NCc1ccc(N2CCc3ccccc3C2)nc1. The van der Waals surface area contributed by atoms with Crippen molar-refractivity contribution in [1.29, 1.82) is 0 Å². The predicted molar refractivity (Wildman–Crippen MR) is 103 cm³/mol. The van der Waals surface area contributed by atoms with Gasteiger partial charge in [0, 0.05) is 38.8 Å². The average Bonchev–Trinajstić information content (AvgIpc) is 2.69. The highest BCUT2D eigenvalue weighted by Crippen LogP contribution is 2.22. The minimum absolute atomic E-state index is 0.0483. The van der Waals surface area contributed by atoms with E-state index < -0.39 is 5.97 Å². The van der Waals surface area contributed by atoms with E-state index in [1.165, 1.54) is 11.1 Å². The number of carboxylic acids is 1. The zero-order chi connectivity index (χ0) is 19.1. The van der Waals surface area contributed by atoms with Gasteiger partial charge in [-0.25, -0.2) is 9.78 Å². The zero-order valence-corrected chi connectivity index (χ0v) is 15.1. The van der Waals surface area contributed by atoms with Gasteiger partial charge in [-0.1, -0.05) is 30.3 Å². The summed E-state index contributed by atoms with van der Waals surface area (Å²) in [5.41, 5.74) is 3.66. The van der Waals surface area contributed by atoms with Crippen molar-refractivity contribution in [2.75, 3.05) is 18.0 Å². The number of amides is 2. The summed E-state index contributed by atoms with van der Waals surface area (Å²) < 4.78 is 0. The lowest BCUT2D eigenvalue weighted by atomic mass is 10.00. The molecule has 2 heterocycles. The van der Waals surface area contributed by atoms with Crippen LogP contribution in [0.1, 0.15) is 29.5 Å². The first-order valence-corrected chi connectivity index (χ1v) is 9.12. The number of fused-ring (bicyclic) bond motifs is 1. The molecule has 0 saturated heterocycles. The molecule has 0 unspecified atom stereocenters. The van der Waals surface area contributed by atoms with E-state index in [0.717, 1.165) is 30.9 Å². The molecule has 0 atom stereocenters. The van der Waals surface area contributed by atoms with Crippen LogP contribution in [0, 0.1) is 0 Å². The van der Waals surface area contributed by atoms with Crippen LogP contribution >= 0.6 is 0 Å². The van der Waals surface area contributed by atoms with Crippen molar-refractivity contribution < 1.29 is 14.7 Å². The molecular formula is C20H24N4O3. The lowest BCUT2D eigenvalue weighted by Crippen LogP contribution is -2.35. The number of aliphatic carboxylic acids is 1. The van der Waals surface area contributed by atoms with E-state index in [0.29, 0.717) is 19.5 Å². The number of benzene rings is 1. The largest absolute Gasteiger partial charge is 0.481 e. The van der Waals surface area contributed by atoms with E-state index in [-0.39, 0.29) is 12.5 Å². The minimum atomic E-state index is -0.861. The van der Waals surface area contributed by atoms with Crippen LogP contribution in [-0.4, -0.2) is 35.2 Å². The van der Waals surface area contributed by atoms with Gasteiger partial charge in [-0.15, -0.1) is 0 Å². The monoisotopic (exact) mass is 368 g/mol. The van der Waals surface area contributed by atoms with Gasteiger partial charge in [0.2, 0.25) is 0 Å². The number of urea groups is 1. The van der Waals surface area contributed by atoms with Gasteiger partial charge in [0.15, 0.2) is 0 Å². The first kappa shape index (κ1) is 18.7. The Balaban J connectivity index is 1.45. The molecule has 0 radical (unpaired) electrons. The Kier molecular flexibility index (Phi) is 6.25. The maximum Gasteiger partial charge on any atom is 0.315 e. The van der Waals surface area contributed by atoms with Crippen molar-refractivity contribution >= 4 is 17.8 Å². The van der Waals surface area contributed by atoms with Gasteiger partial charge in [-0.2, -0.15) is 0 Å². The van der Waals surface area contributed by atoms with E-state index in [1.807, 2.05) is 12.1 Å². The molecule has 0 bridgehead atoms. The Hall–Kier alpha value is -3.09. The van der Waals surface area contributed by atoms with Crippen LogP contribution in [0.2, 0.25) is 0 Å². The molecule has 3 rings (SSSR count). The highest BCUT2D eigenvalue weighted by molar-refractivity contribution is 5.73. The summed E-state index contributed by atoms with van der Waals surface area (Å²) in [4.78, 5) is 28.9. The molecule has 0 fully saturated rings. The Morgan fingerprint density at radius 3 is 2.67 bits per heavy atom. The van der Waals surface area contributed by atoms with Crippen LogP contribution in [0.25, 0.3) is 0 Å². The number of nitrogens with one attached hydrogen (secondary N) is 2. The lowest BCUT2D eigenvalue weighted by molar-refractivity contribution is -0.137. The lowest BCUT2D eigenvalue weighted by Gasteiger charge is -2.29. The maximum atomic E-state index is 11.7. The average molecular weight is 368 g/mol. The van der Waals surface area contributed by atoms with E-state index in [4.69, 9.17) is 5.11 Å². The second-order valence-corrected chi connectivity index (χ2v) is 6.57. The second-order valence-electron chi connectivity index (χ2n) is 6.57. The molecule has 27 heavy (non-hydrogen) atoms. The predicted octanol–water partition coefficient (Wildman–Crippen LogP) is 2.31. The van der Waals surface area contributed by atoms with Crippen LogP contribution in [0.3, 0.4) is 0 Å². The summed E-state index contributed by atoms with van der Waals surface area (Å²) in [7, 11) is 0. The summed E-state index contributed by atoms with van der Waals surface area (Å²) in [6, 6.07) is 12.1. The number of rotatable bonds is 7. The van der Waals surface area contributed by atoms with Crippen molar-refractivity contribution in [3.8, 4) is 0 Å². The van der Waals surface area contributed by atoms with Gasteiger partial charge in [0.05, 0.1) is 0 Å². The molecule has 1 aromatic heterocycles. The first-order valence-electron chi connectivity index (χ1n) is 9.12. The molecule has 3 N–H and O–H groups in total. The van der Waals surface area contributed by atoms with Gasteiger partial charge in [-0.3, -0.25) is 4.79 Å². The highest BCUT2D eigenvalue weighted by Gasteiger charge is 2.16. The molecule has 1 aromatic carbocycles. The van der Waals surface area contributed by atoms with Crippen LogP contribution < -0.4 is 15.5 Å². The number of aromatic nitrogens is 1. The summed E-state index contributed by atoms with van der Waals surface area (Å²) in [6.07, 6.45) is 3.26. The molecule has 1 aliphatic rings. The number of carbonyl (C=O) groups excluding carboxylic acids is 1. The third-order valence-corrected chi connectivity index (χ3v) is 4.57. The Morgan fingerprint density at radius 1 is 1.11 bits per heavy atom. The van der Waals surface area contributed by atoms with Crippen LogP contribution in [0.4, 0.5) is 10.6 Å². The number of pyridine rings is 1. The van der Waals surface area contributed by atoms with Crippen molar-refractivity contribution in [2.24, 2.45) is 0 Å². The number of carboxylic acid groups (broad SMARTS) is 1. The Bertz CT molecular complexity index is 792. The molecule has 7 nitrogen and oxygen atoms in total. The molecule has 2 amide bonds. The van der Waals surface area contributed by atoms with Gasteiger partial charge in [0.25, 0.3) is 0 Å². The quantitative estimate of drug-likeness (QED) is 0.652. The molecule has 0 aliphatic carbocycles. The number of anilines is 1. The number of carbonyl (C=O) groups is 2. The number of hydrogen-bond donors (Lipinski definition) is 3. The summed E-state index contributed by atoms with van der Waals surface area (Å²) in [5, 5.41) is 13.9. The van der Waals surface area contributed by atoms with Crippen molar-refractivity contribution in [1.82, 2.24) is 15.6 Å². The van der Waals surface area contributed by atoms with E-state index in [9.17, 15) is 9.59 Å². The molecular weight excluding hydrogens is 344 g/mol. The van der Waals surface area contributed by atoms with Gasteiger partial charge in [-0.05, 0) is 35.6 Å². The number of hydrogen-bond acceptors (Lipinski definition) is 4.